The van der Waals surface area contributed by atoms with E-state index in [1.165, 1.54) is 0 Å². The predicted octanol–water partition coefficient (Wildman–Crippen LogP) is 1.90. The van der Waals surface area contributed by atoms with Crippen molar-refractivity contribution in [2.45, 2.75) is 26.5 Å². The standard InChI is InChI=1S/C12H18N2O/c1-11(2)8-14-12(3,15-9-11)10-4-6-13-7-5-10/h4-7,14H,8-9H2,1-3H3. The minimum absolute atomic E-state index is 0.215. The number of nitrogens with zero attached hydrogens (tertiary/aromatic N) is 1. The second kappa shape index (κ2) is 3.58. The van der Waals surface area contributed by atoms with Gasteiger partial charge < -0.3 is 4.74 Å². The molecule has 1 aromatic rings. The Bertz CT molecular complexity index is 325. The van der Waals surface area contributed by atoms with Crippen molar-refractivity contribution < 1.29 is 4.74 Å². The van der Waals surface area contributed by atoms with Gasteiger partial charge in [-0.1, -0.05) is 13.8 Å². The molecule has 1 aliphatic heterocycles. The maximum absolute atomic E-state index is 5.93. The lowest BCUT2D eigenvalue weighted by Gasteiger charge is -2.42. The summed E-state index contributed by atoms with van der Waals surface area (Å²) in [6.45, 7) is 8.21. The zero-order chi connectivity index (χ0) is 10.9. The molecular formula is C12H18N2O. The van der Waals surface area contributed by atoms with Crippen LogP contribution in [0.1, 0.15) is 26.3 Å². The summed E-state index contributed by atoms with van der Waals surface area (Å²) in [5, 5.41) is 3.45. The summed E-state index contributed by atoms with van der Waals surface area (Å²) >= 11 is 0. The average molecular weight is 206 g/mol. The Morgan fingerprint density at radius 2 is 1.93 bits per heavy atom. The molecule has 0 saturated carbocycles. The Balaban J connectivity index is 2.17. The van der Waals surface area contributed by atoms with E-state index in [1.807, 2.05) is 12.1 Å². The Kier molecular flexibility index (Phi) is 2.52. The molecule has 1 fully saturated rings. The molecule has 0 amide bonds. The van der Waals surface area contributed by atoms with E-state index in [1.54, 1.807) is 12.4 Å². The predicted molar refractivity (Wildman–Crippen MR) is 59.3 cm³/mol. The van der Waals surface area contributed by atoms with Crippen molar-refractivity contribution in [2.75, 3.05) is 13.2 Å². The molecule has 1 unspecified atom stereocenters. The lowest BCUT2D eigenvalue weighted by molar-refractivity contribution is -0.131. The molecule has 3 nitrogen and oxygen atoms in total. The first kappa shape index (κ1) is 10.6. The highest BCUT2D eigenvalue weighted by molar-refractivity contribution is 5.18. The third-order valence-electron chi connectivity index (χ3n) is 2.89. The molecule has 1 N–H and O–H groups in total. The van der Waals surface area contributed by atoms with Crippen LogP contribution in [-0.2, 0) is 10.5 Å². The van der Waals surface area contributed by atoms with Gasteiger partial charge in [0.25, 0.3) is 0 Å². The van der Waals surface area contributed by atoms with Crippen molar-refractivity contribution in [3.63, 3.8) is 0 Å². The van der Waals surface area contributed by atoms with Gasteiger partial charge in [-0.15, -0.1) is 0 Å². The monoisotopic (exact) mass is 206 g/mol. The zero-order valence-electron chi connectivity index (χ0n) is 9.58. The van der Waals surface area contributed by atoms with Crippen LogP contribution >= 0.6 is 0 Å². The number of rotatable bonds is 1. The summed E-state index contributed by atoms with van der Waals surface area (Å²) in [6.07, 6.45) is 3.59. The van der Waals surface area contributed by atoms with Gasteiger partial charge in [-0.2, -0.15) is 0 Å². The van der Waals surface area contributed by atoms with Crippen molar-refractivity contribution >= 4 is 0 Å². The molecule has 0 aromatic carbocycles. The largest absolute Gasteiger partial charge is 0.356 e. The summed E-state index contributed by atoms with van der Waals surface area (Å²) < 4.78 is 5.93. The van der Waals surface area contributed by atoms with E-state index in [4.69, 9.17) is 4.74 Å². The first-order valence-electron chi connectivity index (χ1n) is 5.31. The Morgan fingerprint density at radius 3 is 2.47 bits per heavy atom. The second-order valence-electron chi connectivity index (χ2n) is 5.08. The van der Waals surface area contributed by atoms with Crippen LogP contribution in [0.5, 0.6) is 0 Å². The van der Waals surface area contributed by atoms with E-state index in [9.17, 15) is 0 Å². The van der Waals surface area contributed by atoms with Crippen molar-refractivity contribution in [2.24, 2.45) is 5.41 Å². The van der Waals surface area contributed by atoms with E-state index in [-0.39, 0.29) is 11.1 Å². The number of nitrogens with one attached hydrogen (secondary N) is 1. The fraction of sp³-hybridized carbons (Fsp3) is 0.583. The van der Waals surface area contributed by atoms with Crippen LogP contribution in [0.25, 0.3) is 0 Å². The van der Waals surface area contributed by atoms with Gasteiger partial charge in [0.15, 0.2) is 0 Å². The van der Waals surface area contributed by atoms with Crippen LogP contribution in [0.3, 0.4) is 0 Å². The third kappa shape index (κ3) is 2.19. The molecule has 0 spiro atoms. The second-order valence-corrected chi connectivity index (χ2v) is 5.08. The first-order valence-corrected chi connectivity index (χ1v) is 5.31. The molecule has 0 aliphatic carbocycles. The van der Waals surface area contributed by atoms with Crippen LogP contribution in [0.4, 0.5) is 0 Å². The molecule has 1 aliphatic rings. The minimum atomic E-state index is -0.363. The zero-order valence-corrected chi connectivity index (χ0v) is 9.58. The summed E-state index contributed by atoms with van der Waals surface area (Å²) in [4.78, 5) is 4.02. The highest BCUT2D eigenvalue weighted by Gasteiger charge is 2.36. The molecule has 15 heavy (non-hydrogen) atoms. The summed E-state index contributed by atoms with van der Waals surface area (Å²) in [6, 6.07) is 3.98. The van der Waals surface area contributed by atoms with Crippen LogP contribution in [0, 0.1) is 5.41 Å². The lowest BCUT2D eigenvalue weighted by Crippen LogP contribution is -2.53. The SMILES string of the molecule is CC1(C)CNC(C)(c2ccncc2)OC1. The van der Waals surface area contributed by atoms with Gasteiger partial charge in [0.2, 0.25) is 0 Å². The molecule has 1 aromatic heterocycles. The van der Waals surface area contributed by atoms with E-state index in [0.29, 0.717) is 0 Å². The topological polar surface area (TPSA) is 34.2 Å². The first-order chi connectivity index (χ1) is 7.02. The maximum Gasteiger partial charge on any atom is 0.142 e. The number of ether oxygens (including phenoxy) is 1. The Morgan fingerprint density at radius 1 is 1.27 bits per heavy atom. The summed E-state index contributed by atoms with van der Waals surface area (Å²) in [5.74, 6) is 0. The molecule has 1 atom stereocenters. The van der Waals surface area contributed by atoms with Crippen molar-refractivity contribution in [1.82, 2.24) is 10.3 Å². The smallest absolute Gasteiger partial charge is 0.142 e. The summed E-state index contributed by atoms with van der Waals surface area (Å²) in [7, 11) is 0. The highest BCUT2D eigenvalue weighted by atomic mass is 16.5. The van der Waals surface area contributed by atoms with Crippen LogP contribution in [0.2, 0.25) is 0 Å². The number of hydrogen-bond acceptors (Lipinski definition) is 3. The average Bonchev–Trinajstić information content (AvgIpc) is 2.24. The molecule has 82 valence electrons. The Hall–Kier alpha value is -0.930. The molecule has 1 saturated heterocycles. The van der Waals surface area contributed by atoms with Gasteiger partial charge in [-0.05, 0) is 19.1 Å². The van der Waals surface area contributed by atoms with Gasteiger partial charge in [0, 0.05) is 29.9 Å². The third-order valence-corrected chi connectivity index (χ3v) is 2.89. The van der Waals surface area contributed by atoms with Crippen LogP contribution in [0.15, 0.2) is 24.5 Å². The highest BCUT2D eigenvalue weighted by Crippen LogP contribution is 2.30. The van der Waals surface area contributed by atoms with E-state index in [0.717, 1.165) is 18.7 Å². The maximum atomic E-state index is 5.93. The molecule has 0 radical (unpaired) electrons. The molecule has 3 heteroatoms. The van der Waals surface area contributed by atoms with Crippen molar-refractivity contribution in [1.29, 1.82) is 0 Å². The molecule has 0 bridgehead atoms. The van der Waals surface area contributed by atoms with E-state index < -0.39 is 0 Å². The Labute approximate surface area is 90.9 Å². The number of hydrogen-bond donors (Lipinski definition) is 1. The van der Waals surface area contributed by atoms with Crippen molar-refractivity contribution in [3.8, 4) is 0 Å². The van der Waals surface area contributed by atoms with Crippen molar-refractivity contribution in [3.05, 3.63) is 30.1 Å². The van der Waals surface area contributed by atoms with E-state index >= 15 is 0 Å². The minimum Gasteiger partial charge on any atom is -0.356 e. The fourth-order valence-corrected chi connectivity index (χ4v) is 1.71. The number of aromatic nitrogens is 1. The van der Waals surface area contributed by atoms with Gasteiger partial charge in [-0.25, -0.2) is 0 Å². The normalized spacial score (nSPS) is 30.1. The quantitative estimate of drug-likeness (QED) is 0.762. The lowest BCUT2D eigenvalue weighted by atomic mass is 9.91. The fourth-order valence-electron chi connectivity index (χ4n) is 1.71. The van der Waals surface area contributed by atoms with E-state index in [2.05, 4.69) is 31.1 Å². The van der Waals surface area contributed by atoms with Crippen LogP contribution < -0.4 is 5.32 Å². The van der Waals surface area contributed by atoms with Gasteiger partial charge >= 0.3 is 0 Å². The van der Waals surface area contributed by atoms with Gasteiger partial charge in [-0.3, -0.25) is 10.3 Å². The molecular weight excluding hydrogens is 188 g/mol. The van der Waals surface area contributed by atoms with Crippen LogP contribution in [-0.4, -0.2) is 18.1 Å². The van der Waals surface area contributed by atoms with Gasteiger partial charge in [0.05, 0.1) is 6.61 Å². The van der Waals surface area contributed by atoms with Gasteiger partial charge in [0.1, 0.15) is 5.72 Å². The summed E-state index contributed by atoms with van der Waals surface area (Å²) in [5.41, 5.74) is 0.985. The molecule has 2 rings (SSSR count). The number of pyridine rings is 1. The molecule has 2 heterocycles.